The number of piperidine rings is 2. The first-order valence-electron chi connectivity index (χ1n) is 17.5. The molecule has 1 amide bonds. The smallest absolute Gasteiger partial charge is 0.256 e. The Bertz CT molecular complexity index is 1940. The number of rotatable bonds is 9. The molecule has 0 spiro atoms. The zero-order valence-electron chi connectivity index (χ0n) is 28.4. The van der Waals surface area contributed by atoms with E-state index in [4.69, 9.17) is 4.98 Å². The number of carbonyl (C=O) groups excluding carboxylic acids is 1. The van der Waals surface area contributed by atoms with E-state index in [0.29, 0.717) is 50.1 Å². The van der Waals surface area contributed by atoms with Crippen LogP contribution in [0.1, 0.15) is 86.6 Å². The minimum atomic E-state index is -4.27. The quantitative estimate of drug-likeness (QED) is 0.210. The highest BCUT2D eigenvalue weighted by Crippen LogP contribution is 2.45. The highest BCUT2D eigenvalue weighted by Gasteiger charge is 2.44. The maximum atomic E-state index is 15.0. The highest BCUT2D eigenvalue weighted by atomic mass is 32.2. The first kappa shape index (κ1) is 33.8. The van der Waals surface area contributed by atoms with Crippen molar-refractivity contribution in [1.82, 2.24) is 24.1 Å². The molecule has 3 aliphatic heterocycles. The van der Waals surface area contributed by atoms with Gasteiger partial charge in [-0.2, -0.15) is 0 Å². The molecule has 2 atom stereocenters. The number of halogens is 2. The van der Waals surface area contributed by atoms with Crippen LogP contribution in [-0.2, 0) is 15.4 Å². The third-order valence-electron chi connectivity index (χ3n) is 11.2. The molecule has 4 aromatic rings. The summed E-state index contributed by atoms with van der Waals surface area (Å²) in [6, 6.07) is 21.2. The molecule has 0 aliphatic carbocycles. The molecule has 0 radical (unpaired) electrons. The molecule has 11 heteroatoms. The van der Waals surface area contributed by atoms with Gasteiger partial charge < -0.3 is 9.47 Å². The van der Waals surface area contributed by atoms with Crippen molar-refractivity contribution in [2.24, 2.45) is 0 Å². The van der Waals surface area contributed by atoms with Crippen LogP contribution in [0.5, 0.6) is 0 Å². The van der Waals surface area contributed by atoms with Gasteiger partial charge >= 0.3 is 0 Å². The van der Waals surface area contributed by atoms with Crippen LogP contribution in [0.3, 0.4) is 0 Å². The molecule has 0 saturated carbocycles. The number of aromatic nitrogens is 2. The Morgan fingerprint density at radius 2 is 1.59 bits per heavy atom. The number of para-hydroxylation sites is 2. The zero-order valence-corrected chi connectivity index (χ0v) is 29.2. The molecule has 4 heterocycles. The van der Waals surface area contributed by atoms with Gasteiger partial charge in [0.15, 0.2) is 0 Å². The van der Waals surface area contributed by atoms with Crippen LogP contribution in [0.4, 0.5) is 8.78 Å². The molecular formula is C38H45F2N5O3S. The van der Waals surface area contributed by atoms with E-state index < -0.39 is 44.1 Å². The number of nitrogens with zero attached hydrogens (tertiary/aromatic N) is 4. The van der Waals surface area contributed by atoms with Gasteiger partial charge in [-0.05, 0) is 101 Å². The second kappa shape index (κ2) is 13.2. The maximum Gasteiger partial charge on any atom is 0.256 e. The van der Waals surface area contributed by atoms with Gasteiger partial charge in [0, 0.05) is 43.3 Å². The molecule has 8 nitrogen and oxygen atoms in total. The Hall–Kier alpha value is -3.67. The van der Waals surface area contributed by atoms with E-state index in [-0.39, 0.29) is 5.41 Å². The van der Waals surface area contributed by atoms with Gasteiger partial charge in [0.05, 0.1) is 16.6 Å². The molecule has 2 bridgehead atoms. The number of amides is 1. The number of sulfonamides is 1. The maximum absolute atomic E-state index is 15.0. The van der Waals surface area contributed by atoms with Crippen LogP contribution in [0.2, 0.25) is 0 Å². The van der Waals surface area contributed by atoms with Crippen LogP contribution in [0.15, 0.2) is 71.6 Å². The van der Waals surface area contributed by atoms with Crippen LogP contribution in [-0.4, -0.2) is 71.4 Å². The van der Waals surface area contributed by atoms with Crippen molar-refractivity contribution < 1.29 is 22.0 Å². The molecule has 3 saturated heterocycles. The van der Waals surface area contributed by atoms with Crippen molar-refractivity contribution in [3.05, 3.63) is 95.3 Å². The number of likely N-dealkylation sites (tertiary alicyclic amines) is 1. The van der Waals surface area contributed by atoms with Crippen molar-refractivity contribution in [3.8, 4) is 0 Å². The lowest BCUT2D eigenvalue weighted by Gasteiger charge is -2.45. The average molecular weight is 690 g/mol. The van der Waals surface area contributed by atoms with Crippen LogP contribution >= 0.6 is 0 Å². The number of imidazole rings is 1. The third-order valence-corrected chi connectivity index (χ3v) is 12.8. The van der Waals surface area contributed by atoms with E-state index in [1.54, 1.807) is 18.7 Å². The van der Waals surface area contributed by atoms with Gasteiger partial charge in [-0.15, -0.1) is 0 Å². The fourth-order valence-electron chi connectivity index (χ4n) is 8.85. The van der Waals surface area contributed by atoms with Gasteiger partial charge in [-0.3, -0.25) is 9.69 Å². The summed E-state index contributed by atoms with van der Waals surface area (Å²) in [5.41, 5.74) is 2.92. The second-order valence-corrected chi connectivity index (χ2v) is 16.2. The number of benzene rings is 3. The molecule has 3 aromatic carbocycles. The number of hydrogen-bond acceptors (Lipinski definition) is 5. The molecule has 260 valence electrons. The number of nitrogens with one attached hydrogen (secondary N) is 1. The first-order chi connectivity index (χ1) is 23.5. The summed E-state index contributed by atoms with van der Waals surface area (Å²) in [5.74, 6) is -1.84. The summed E-state index contributed by atoms with van der Waals surface area (Å²) in [7, 11) is -4.27. The Balaban J connectivity index is 1.07. The fraction of sp³-hybridized carbons (Fsp3) is 0.474. The largest absolute Gasteiger partial charge is 0.338 e. The van der Waals surface area contributed by atoms with E-state index in [1.165, 1.54) is 23.9 Å². The molecule has 3 aliphatic rings. The van der Waals surface area contributed by atoms with Crippen LogP contribution in [0.25, 0.3) is 11.0 Å². The average Bonchev–Trinajstić information content (AvgIpc) is 3.53. The lowest BCUT2D eigenvalue weighted by molar-refractivity contribution is 0.0602. The molecule has 3 fully saturated rings. The molecule has 7 rings (SSSR count). The number of fused-ring (bicyclic) bond motifs is 3. The summed E-state index contributed by atoms with van der Waals surface area (Å²) in [4.78, 5) is 22.1. The Morgan fingerprint density at radius 3 is 2.27 bits per heavy atom. The SMILES string of the molecule is Cc1nc2ccccc2n1C1CC2CCC(C1)N2CCC1(c2ccccc2)CCN(C(=O)c2cc(S(=O)(=O)NC(C)C)c(F)cc2F)CC1. The summed E-state index contributed by atoms with van der Waals surface area (Å²) in [6.07, 6.45) is 6.92. The predicted octanol–water partition coefficient (Wildman–Crippen LogP) is 6.74. The fourth-order valence-corrected chi connectivity index (χ4v) is 10.2. The van der Waals surface area contributed by atoms with E-state index in [2.05, 4.69) is 63.6 Å². The van der Waals surface area contributed by atoms with Gasteiger partial charge in [0.25, 0.3) is 5.91 Å². The third kappa shape index (κ3) is 6.41. The molecular weight excluding hydrogens is 645 g/mol. The van der Waals surface area contributed by atoms with Crippen LogP contribution in [0, 0.1) is 18.6 Å². The summed E-state index contributed by atoms with van der Waals surface area (Å²) in [5, 5.41) is 0. The standard InChI is InChI=1S/C38H45F2N5O3S/c1-25(2)42-49(47,48)36-23-31(32(39)24-33(36)40)37(46)43-18-15-38(16-19-43,27-9-5-4-6-10-27)17-20-44-28-13-14-29(44)22-30(21-28)45-26(3)41-34-11-7-8-12-35(34)45/h4-12,23-25,28-30,42H,13-22H2,1-3H3. The molecule has 49 heavy (non-hydrogen) atoms. The normalized spacial score (nSPS) is 22.7. The molecule has 1 N–H and O–H groups in total. The number of carbonyl (C=O) groups is 1. The van der Waals surface area contributed by atoms with Gasteiger partial charge in [0.1, 0.15) is 22.4 Å². The number of aryl methyl sites for hydroxylation is 1. The lowest BCUT2D eigenvalue weighted by Crippen LogP contribution is -2.49. The monoisotopic (exact) mass is 689 g/mol. The van der Waals surface area contributed by atoms with Crippen molar-refractivity contribution in [3.63, 3.8) is 0 Å². The summed E-state index contributed by atoms with van der Waals surface area (Å²) < 4.78 is 60.0. The van der Waals surface area contributed by atoms with Crippen LogP contribution < -0.4 is 4.72 Å². The highest BCUT2D eigenvalue weighted by molar-refractivity contribution is 7.89. The van der Waals surface area contributed by atoms with Crippen molar-refractivity contribution in [2.45, 2.75) is 100 Å². The Morgan fingerprint density at radius 1 is 0.939 bits per heavy atom. The van der Waals surface area contributed by atoms with E-state index in [9.17, 15) is 17.6 Å². The first-order valence-corrected chi connectivity index (χ1v) is 19.0. The van der Waals surface area contributed by atoms with E-state index in [1.807, 2.05) is 12.1 Å². The molecule has 1 aromatic heterocycles. The van der Waals surface area contributed by atoms with Crippen molar-refractivity contribution in [2.75, 3.05) is 19.6 Å². The van der Waals surface area contributed by atoms with E-state index >= 15 is 4.39 Å². The van der Waals surface area contributed by atoms with Crippen molar-refractivity contribution >= 4 is 27.0 Å². The second-order valence-electron chi connectivity index (χ2n) is 14.5. The minimum Gasteiger partial charge on any atom is -0.338 e. The predicted molar refractivity (Wildman–Crippen MR) is 186 cm³/mol. The van der Waals surface area contributed by atoms with Gasteiger partial charge in [0.2, 0.25) is 10.0 Å². The van der Waals surface area contributed by atoms with Gasteiger partial charge in [-0.1, -0.05) is 42.5 Å². The topological polar surface area (TPSA) is 87.5 Å². The minimum absolute atomic E-state index is 0.164. The van der Waals surface area contributed by atoms with E-state index in [0.717, 1.165) is 43.2 Å². The summed E-state index contributed by atoms with van der Waals surface area (Å²) >= 11 is 0. The number of hydrogen-bond donors (Lipinski definition) is 1. The molecule has 2 unspecified atom stereocenters. The Labute approximate surface area is 287 Å². The lowest BCUT2D eigenvalue weighted by atomic mass is 9.70. The van der Waals surface area contributed by atoms with Gasteiger partial charge in [-0.25, -0.2) is 26.9 Å². The summed E-state index contributed by atoms with van der Waals surface area (Å²) in [6.45, 7) is 7.07. The zero-order chi connectivity index (χ0) is 34.5. The van der Waals surface area contributed by atoms with Crippen molar-refractivity contribution in [1.29, 1.82) is 0 Å². The Kier molecular flexibility index (Phi) is 9.13.